The van der Waals surface area contributed by atoms with E-state index >= 15 is 0 Å². The molecule has 0 radical (unpaired) electrons. The van der Waals surface area contributed by atoms with Gasteiger partial charge in [-0.2, -0.15) is 4.31 Å². The van der Waals surface area contributed by atoms with E-state index in [0.29, 0.717) is 18.0 Å². The quantitative estimate of drug-likeness (QED) is 0.933. The maximum absolute atomic E-state index is 12.8. The van der Waals surface area contributed by atoms with E-state index in [1.807, 2.05) is 13.0 Å². The topological polar surface area (TPSA) is 63.4 Å². The first-order valence-corrected chi connectivity index (χ1v) is 9.02. The van der Waals surface area contributed by atoms with Gasteiger partial charge in [0.25, 0.3) is 0 Å². The Bertz CT molecular complexity index is 594. The van der Waals surface area contributed by atoms with Crippen LogP contribution in [0, 0.1) is 5.41 Å². The number of rotatable bonds is 3. The van der Waals surface area contributed by atoms with Crippen LogP contribution in [0.25, 0.3) is 0 Å². The third kappa shape index (κ3) is 3.84. The van der Waals surface area contributed by atoms with E-state index in [9.17, 15) is 8.42 Å². The number of sulfonamides is 1. The van der Waals surface area contributed by atoms with Crippen molar-refractivity contribution in [3.05, 3.63) is 29.8 Å². The van der Waals surface area contributed by atoms with Crippen molar-refractivity contribution in [2.45, 2.75) is 51.0 Å². The summed E-state index contributed by atoms with van der Waals surface area (Å²) in [6.45, 7) is 7.48. The molecule has 4 nitrogen and oxygen atoms in total. The minimum absolute atomic E-state index is 0.164. The lowest BCUT2D eigenvalue weighted by Crippen LogP contribution is -2.32. The molecule has 2 N–H and O–H groups in total. The highest BCUT2D eigenvalue weighted by atomic mass is 32.2. The van der Waals surface area contributed by atoms with E-state index < -0.39 is 10.0 Å². The first kappa shape index (κ1) is 16.5. The van der Waals surface area contributed by atoms with Crippen LogP contribution in [0.3, 0.4) is 0 Å². The lowest BCUT2D eigenvalue weighted by molar-refractivity contribution is 0.315. The summed E-state index contributed by atoms with van der Waals surface area (Å²) in [6, 6.07) is 6.85. The number of hydrogen-bond donors (Lipinski definition) is 1. The normalized spacial score (nSPS) is 21.7. The minimum atomic E-state index is -3.41. The summed E-state index contributed by atoms with van der Waals surface area (Å²) in [6.07, 6.45) is 2.89. The summed E-state index contributed by atoms with van der Waals surface area (Å²) in [5.74, 6) is 0. The standard InChI is InChI=1S/C16H26N2O2S/c1-13(17)14-6-4-7-15(12-14)21(19,20)18-10-5-8-16(2,3)9-11-18/h4,6-7,12-13H,5,8-11,17H2,1-3H3. The highest BCUT2D eigenvalue weighted by molar-refractivity contribution is 7.89. The molecule has 1 unspecified atom stereocenters. The van der Waals surface area contributed by atoms with E-state index in [0.717, 1.165) is 24.8 Å². The smallest absolute Gasteiger partial charge is 0.243 e. The summed E-state index contributed by atoms with van der Waals surface area (Å²) < 4.78 is 27.2. The van der Waals surface area contributed by atoms with Gasteiger partial charge in [-0.1, -0.05) is 26.0 Å². The Hall–Kier alpha value is -0.910. The molecule has 1 aliphatic rings. The molecule has 118 valence electrons. The summed E-state index contributed by atoms with van der Waals surface area (Å²) in [5, 5.41) is 0. The van der Waals surface area contributed by atoms with Gasteiger partial charge in [0.1, 0.15) is 0 Å². The van der Waals surface area contributed by atoms with Crippen molar-refractivity contribution in [1.29, 1.82) is 0 Å². The first-order chi connectivity index (χ1) is 9.72. The Kier molecular flexibility index (Phi) is 4.76. The molecule has 0 aliphatic carbocycles. The monoisotopic (exact) mass is 310 g/mol. The van der Waals surface area contributed by atoms with Gasteiger partial charge in [0.05, 0.1) is 4.90 Å². The molecule has 1 atom stereocenters. The zero-order valence-electron chi connectivity index (χ0n) is 13.2. The Balaban J connectivity index is 2.27. The third-order valence-electron chi connectivity index (χ3n) is 4.32. The van der Waals surface area contributed by atoms with E-state index in [2.05, 4.69) is 13.8 Å². The molecule has 0 amide bonds. The van der Waals surface area contributed by atoms with E-state index in [1.54, 1.807) is 22.5 Å². The third-order valence-corrected chi connectivity index (χ3v) is 6.22. The van der Waals surface area contributed by atoms with Gasteiger partial charge < -0.3 is 5.73 Å². The van der Waals surface area contributed by atoms with Crippen molar-refractivity contribution in [2.24, 2.45) is 11.1 Å². The lowest BCUT2D eigenvalue weighted by Gasteiger charge is -2.23. The van der Waals surface area contributed by atoms with Crippen LogP contribution < -0.4 is 5.73 Å². The van der Waals surface area contributed by atoms with Crippen LogP contribution in [-0.2, 0) is 10.0 Å². The highest BCUT2D eigenvalue weighted by Crippen LogP contribution is 2.32. The zero-order valence-corrected chi connectivity index (χ0v) is 14.0. The van der Waals surface area contributed by atoms with E-state index in [1.165, 1.54) is 0 Å². The van der Waals surface area contributed by atoms with Crippen LogP contribution in [-0.4, -0.2) is 25.8 Å². The second-order valence-electron chi connectivity index (χ2n) is 6.78. The molecule has 0 spiro atoms. The molecule has 21 heavy (non-hydrogen) atoms. The molecule has 1 heterocycles. The van der Waals surface area contributed by atoms with Crippen LogP contribution >= 0.6 is 0 Å². The molecule has 1 aromatic carbocycles. The number of hydrogen-bond acceptors (Lipinski definition) is 3. The van der Waals surface area contributed by atoms with Gasteiger partial charge in [-0.25, -0.2) is 8.42 Å². The zero-order chi connectivity index (χ0) is 15.7. The second kappa shape index (κ2) is 6.07. The van der Waals surface area contributed by atoms with Crippen LogP contribution in [0.4, 0.5) is 0 Å². The van der Waals surface area contributed by atoms with Crippen molar-refractivity contribution in [3.63, 3.8) is 0 Å². The number of benzene rings is 1. The second-order valence-corrected chi connectivity index (χ2v) is 8.72. The van der Waals surface area contributed by atoms with Crippen molar-refractivity contribution in [2.75, 3.05) is 13.1 Å². The van der Waals surface area contributed by atoms with Crippen LogP contribution in [0.5, 0.6) is 0 Å². The summed E-state index contributed by atoms with van der Waals surface area (Å²) >= 11 is 0. The molecule has 0 aromatic heterocycles. The van der Waals surface area contributed by atoms with Crippen LogP contribution in [0.1, 0.15) is 51.6 Å². The van der Waals surface area contributed by atoms with Crippen LogP contribution in [0.2, 0.25) is 0 Å². The van der Waals surface area contributed by atoms with Crippen molar-refractivity contribution < 1.29 is 8.42 Å². The molecule has 5 heteroatoms. The lowest BCUT2D eigenvalue weighted by atomic mass is 9.85. The first-order valence-electron chi connectivity index (χ1n) is 7.58. The Morgan fingerprint density at radius 3 is 2.62 bits per heavy atom. The fourth-order valence-corrected chi connectivity index (χ4v) is 4.28. The van der Waals surface area contributed by atoms with Crippen molar-refractivity contribution >= 4 is 10.0 Å². The fraction of sp³-hybridized carbons (Fsp3) is 0.625. The average Bonchev–Trinajstić information content (AvgIpc) is 2.60. The van der Waals surface area contributed by atoms with Gasteiger partial charge in [0.15, 0.2) is 0 Å². The maximum Gasteiger partial charge on any atom is 0.243 e. The molecule has 0 bridgehead atoms. The number of nitrogens with two attached hydrogens (primary N) is 1. The van der Waals surface area contributed by atoms with Gasteiger partial charge in [-0.3, -0.25) is 0 Å². The predicted octanol–water partition coefficient (Wildman–Crippen LogP) is 2.91. The fourth-order valence-electron chi connectivity index (χ4n) is 2.75. The summed E-state index contributed by atoms with van der Waals surface area (Å²) in [5.41, 5.74) is 6.93. The van der Waals surface area contributed by atoms with Gasteiger partial charge in [-0.15, -0.1) is 0 Å². The van der Waals surface area contributed by atoms with Crippen LogP contribution in [0.15, 0.2) is 29.2 Å². The molecule has 1 aromatic rings. The highest BCUT2D eigenvalue weighted by Gasteiger charge is 2.30. The Labute approximate surface area is 128 Å². The SMILES string of the molecule is CC(N)c1cccc(S(=O)(=O)N2CCCC(C)(C)CC2)c1. The summed E-state index contributed by atoms with van der Waals surface area (Å²) in [7, 11) is -3.41. The maximum atomic E-state index is 12.8. The number of nitrogens with zero attached hydrogens (tertiary/aromatic N) is 1. The average molecular weight is 310 g/mol. The minimum Gasteiger partial charge on any atom is -0.324 e. The Morgan fingerprint density at radius 1 is 1.24 bits per heavy atom. The van der Waals surface area contributed by atoms with Gasteiger partial charge in [0, 0.05) is 19.1 Å². The van der Waals surface area contributed by atoms with E-state index in [-0.39, 0.29) is 11.5 Å². The van der Waals surface area contributed by atoms with E-state index in [4.69, 9.17) is 5.73 Å². The van der Waals surface area contributed by atoms with Gasteiger partial charge >= 0.3 is 0 Å². The molecule has 1 aliphatic heterocycles. The molecule has 0 saturated carbocycles. The van der Waals surface area contributed by atoms with Crippen molar-refractivity contribution in [1.82, 2.24) is 4.31 Å². The van der Waals surface area contributed by atoms with Crippen molar-refractivity contribution in [3.8, 4) is 0 Å². The Morgan fingerprint density at radius 2 is 1.95 bits per heavy atom. The molecule has 2 rings (SSSR count). The summed E-state index contributed by atoms with van der Waals surface area (Å²) in [4.78, 5) is 0.358. The van der Waals surface area contributed by atoms with Gasteiger partial charge in [0.2, 0.25) is 10.0 Å². The largest absolute Gasteiger partial charge is 0.324 e. The molecule has 1 saturated heterocycles. The predicted molar refractivity (Wildman–Crippen MR) is 85.4 cm³/mol. The molecular weight excluding hydrogens is 284 g/mol. The molecule has 1 fully saturated rings. The molecular formula is C16H26N2O2S. The van der Waals surface area contributed by atoms with Gasteiger partial charge in [-0.05, 0) is 49.3 Å².